The molecule has 5 nitrogen and oxygen atoms in total. The van der Waals surface area contributed by atoms with Gasteiger partial charge in [-0.05, 0) is 30.9 Å². The molecule has 0 bridgehead atoms. The van der Waals surface area contributed by atoms with Crippen molar-refractivity contribution >= 4 is 23.4 Å². The van der Waals surface area contributed by atoms with Crippen molar-refractivity contribution in [3.8, 4) is 0 Å². The van der Waals surface area contributed by atoms with E-state index in [9.17, 15) is 10.1 Å². The van der Waals surface area contributed by atoms with E-state index in [1.54, 1.807) is 30.6 Å². The van der Waals surface area contributed by atoms with E-state index in [1.165, 1.54) is 19.3 Å². The van der Waals surface area contributed by atoms with Gasteiger partial charge in [-0.2, -0.15) is 0 Å². The quantitative estimate of drug-likeness (QED) is 0.168. The molecule has 0 aliphatic rings. The predicted molar refractivity (Wildman–Crippen MR) is 101 cm³/mol. The molecular formula is C16H30ClN3O2S. The van der Waals surface area contributed by atoms with Gasteiger partial charge in [-0.15, -0.1) is 11.8 Å². The highest BCUT2D eigenvalue weighted by molar-refractivity contribution is 8.03. The number of nitrogens with zero attached hydrogens (tertiary/aromatic N) is 2. The molecule has 0 aromatic carbocycles. The topological polar surface area (TPSA) is 58.4 Å². The maximum absolute atomic E-state index is 11.5. The molecule has 1 atom stereocenters. The summed E-state index contributed by atoms with van der Waals surface area (Å²) in [5.74, 6) is 1.43. The van der Waals surface area contributed by atoms with Crippen LogP contribution in [0.2, 0.25) is 0 Å². The van der Waals surface area contributed by atoms with E-state index >= 15 is 0 Å². The second-order valence-corrected chi connectivity index (χ2v) is 7.19. The Morgan fingerprint density at radius 3 is 2.48 bits per heavy atom. The number of hydrogen-bond donors (Lipinski definition) is 1. The van der Waals surface area contributed by atoms with Crippen LogP contribution in [0.15, 0.2) is 23.0 Å². The van der Waals surface area contributed by atoms with E-state index in [0.717, 1.165) is 17.1 Å². The molecule has 0 aliphatic heterocycles. The van der Waals surface area contributed by atoms with E-state index < -0.39 is 0 Å². The van der Waals surface area contributed by atoms with Crippen LogP contribution in [0.25, 0.3) is 0 Å². The number of nitrogens with one attached hydrogen (secondary N) is 1. The summed E-state index contributed by atoms with van der Waals surface area (Å²) in [4.78, 5) is 13.7. The van der Waals surface area contributed by atoms with Crippen molar-refractivity contribution in [1.29, 1.82) is 0 Å². The maximum Gasteiger partial charge on any atom is 0.290 e. The lowest BCUT2D eigenvalue weighted by molar-refractivity contribution is -0.429. The van der Waals surface area contributed by atoms with Gasteiger partial charge in [0.05, 0.1) is 11.3 Å². The van der Waals surface area contributed by atoms with E-state index in [4.69, 9.17) is 11.6 Å². The minimum absolute atomic E-state index is 0.118. The number of unbranched alkanes of at least 4 members (excludes halogenated alkanes) is 3. The predicted octanol–water partition coefficient (Wildman–Crippen LogP) is 4.78. The second kappa shape index (κ2) is 12.5. The first kappa shape index (κ1) is 22.1. The molecule has 0 radical (unpaired) electrons. The third kappa shape index (κ3) is 8.51. The normalized spacial score (nSPS) is 13.3. The molecule has 0 spiro atoms. The van der Waals surface area contributed by atoms with Gasteiger partial charge >= 0.3 is 0 Å². The van der Waals surface area contributed by atoms with Crippen LogP contribution in [0, 0.1) is 10.1 Å². The maximum atomic E-state index is 11.5. The van der Waals surface area contributed by atoms with Crippen LogP contribution >= 0.6 is 23.4 Å². The summed E-state index contributed by atoms with van der Waals surface area (Å²) in [7, 11) is 1.68. The van der Waals surface area contributed by atoms with Crippen molar-refractivity contribution in [2.45, 2.75) is 58.4 Å². The molecule has 134 valence electrons. The van der Waals surface area contributed by atoms with Crippen LogP contribution in [-0.4, -0.2) is 34.7 Å². The number of allylic oxidation sites excluding steroid dienone is 1. The van der Waals surface area contributed by atoms with Crippen LogP contribution in [0.1, 0.15) is 52.9 Å². The number of nitro groups is 1. The number of rotatable bonds is 13. The molecule has 1 unspecified atom stereocenters. The van der Waals surface area contributed by atoms with Gasteiger partial charge in [0, 0.05) is 13.6 Å². The summed E-state index contributed by atoms with van der Waals surface area (Å²) in [6.07, 6.45) is 4.99. The lowest BCUT2D eigenvalue weighted by Gasteiger charge is -2.27. The molecular weight excluding hydrogens is 334 g/mol. The minimum Gasteiger partial charge on any atom is -0.369 e. The highest BCUT2D eigenvalue weighted by atomic mass is 35.5. The lowest BCUT2D eigenvalue weighted by atomic mass is 10.2. The molecule has 7 heteroatoms. The van der Waals surface area contributed by atoms with Crippen molar-refractivity contribution in [2.24, 2.45) is 0 Å². The summed E-state index contributed by atoms with van der Waals surface area (Å²) in [5.41, 5.74) is -0.208. The van der Waals surface area contributed by atoms with Gasteiger partial charge < -0.3 is 10.2 Å². The Labute approximate surface area is 149 Å². The smallest absolute Gasteiger partial charge is 0.290 e. The fraction of sp³-hybridized carbons (Fsp3) is 0.750. The number of thioether (sulfide) groups is 1. The first-order valence-corrected chi connectivity index (χ1v) is 9.57. The zero-order valence-electron chi connectivity index (χ0n) is 14.7. The van der Waals surface area contributed by atoms with Crippen LogP contribution < -0.4 is 5.32 Å². The Bertz CT molecular complexity index is 414. The summed E-state index contributed by atoms with van der Waals surface area (Å²) in [6.45, 7) is 10.5. The average molecular weight is 364 g/mol. The molecule has 0 heterocycles. The molecule has 0 saturated heterocycles. The van der Waals surface area contributed by atoms with Crippen LogP contribution in [-0.2, 0) is 0 Å². The Morgan fingerprint density at radius 1 is 1.39 bits per heavy atom. The molecule has 0 saturated carbocycles. The second-order valence-electron chi connectivity index (χ2n) is 5.29. The first-order chi connectivity index (χ1) is 10.9. The fourth-order valence-corrected chi connectivity index (χ4v) is 3.37. The van der Waals surface area contributed by atoms with Crippen LogP contribution in [0.3, 0.4) is 0 Å². The molecule has 1 N–H and O–H groups in total. The van der Waals surface area contributed by atoms with E-state index in [2.05, 4.69) is 18.8 Å². The summed E-state index contributed by atoms with van der Waals surface area (Å²) in [5, 5.41) is 14.4. The molecule has 0 amide bonds. The van der Waals surface area contributed by atoms with Crippen molar-refractivity contribution in [3.05, 3.63) is 33.1 Å². The van der Waals surface area contributed by atoms with Gasteiger partial charge in [-0.25, -0.2) is 0 Å². The number of hydrogen-bond acceptors (Lipinski definition) is 5. The number of halogens is 1. The SMILES string of the molecule is C=C(C/C(=C(\NC)N(CC)C(C)Cl)[N+](=O)[O-])SCCCCCC. The minimum atomic E-state index is -0.337. The first-order valence-electron chi connectivity index (χ1n) is 8.15. The summed E-state index contributed by atoms with van der Waals surface area (Å²) >= 11 is 7.75. The molecule has 0 rings (SSSR count). The Kier molecular flexibility index (Phi) is 12.1. The van der Waals surface area contributed by atoms with Crippen molar-refractivity contribution in [1.82, 2.24) is 10.2 Å². The van der Waals surface area contributed by atoms with E-state index in [-0.39, 0.29) is 22.5 Å². The van der Waals surface area contributed by atoms with E-state index in [0.29, 0.717) is 12.4 Å². The Balaban J connectivity index is 4.91. The van der Waals surface area contributed by atoms with Gasteiger partial charge in [0.1, 0.15) is 5.50 Å². The van der Waals surface area contributed by atoms with Gasteiger partial charge in [-0.3, -0.25) is 10.1 Å². The van der Waals surface area contributed by atoms with Crippen molar-refractivity contribution in [3.63, 3.8) is 0 Å². The van der Waals surface area contributed by atoms with Gasteiger partial charge in [-0.1, -0.05) is 44.4 Å². The average Bonchev–Trinajstić information content (AvgIpc) is 2.49. The van der Waals surface area contributed by atoms with Crippen LogP contribution in [0.4, 0.5) is 0 Å². The Hall–Kier alpha value is -0.880. The van der Waals surface area contributed by atoms with Gasteiger partial charge in [0.2, 0.25) is 0 Å². The van der Waals surface area contributed by atoms with E-state index in [1.807, 2.05) is 6.92 Å². The zero-order chi connectivity index (χ0) is 17.8. The standard InChI is InChI=1S/C16H30ClN3O2S/c1-6-8-9-10-11-23-13(3)12-15(20(21)22)16(18-5)19(7-2)14(4)17/h14,18H,3,6-12H2,1-2,4-5H3/b16-15-. The Morgan fingerprint density at radius 2 is 2.04 bits per heavy atom. The van der Waals surface area contributed by atoms with Crippen molar-refractivity contribution < 1.29 is 4.92 Å². The summed E-state index contributed by atoms with van der Waals surface area (Å²) < 4.78 is 0. The largest absolute Gasteiger partial charge is 0.369 e. The third-order valence-corrected chi connectivity index (χ3v) is 4.74. The number of alkyl halides is 1. The molecule has 0 aliphatic carbocycles. The van der Waals surface area contributed by atoms with Crippen LogP contribution in [0.5, 0.6) is 0 Å². The summed E-state index contributed by atoms with van der Waals surface area (Å²) in [6, 6.07) is 0. The highest BCUT2D eigenvalue weighted by Crippen LogP contribution is 2.26. The lowest BCUT2D eigenvalue weighted by Crippen LogP contribution is -2.36. The third-order valence-electron chi connectivity index (χ3n) is 3.46. The monoisotopic (exact) mass is 363 g/mol. The zero-order valence-corrected chi connectivity index (χ0v) is 16.3. The molecule has 0 aromatic rings. The van der Waals surface area contributed by atoms with Gasteiger partial charge in [0.15, 0.2) is 5.82 Å². The molecule has 23 heavy (non-hydrogen) atoms. The highest BCUT2D eigenvalue weighted by Gasteiger charge is 2.25. The van der Waals surface area contributed by atoms with Gasteiger partial charge in [0.25, 0.3) is 5.70 Å². The molecule has 0 aromatic heterocycles. The molecule has 0 fully saturated rings. The van der Waals surface area contributed by atoms with Crippen molar-refractivity contribution in [2.75, 3.05) is 19.3 Å². The fourth-order valence-electron chi connectivity index (χ4n) is 2.26.